The molecule has 0 saturated heterocycles. The van der Waals surface area contributed by atoms with Gasteiger partial charge in [-0.05, 0) is 12.0 Å². The zero-order valence-corrected chi connectivity index (χ0v) is 8.98. The van der Waals surface area contributed by atoms with Crippen LogP contribution in [0.3, 0.4) is 0 Å². The van der Waals surface area contributed by atoms with E-state index in [0.717, 1.165) is 5.69 Å². The molecule has 0 aliphatic rings. The normalized spacial score (nSPS) is 11.2. The van der Waals surface area contributed by atoms with Gasteiger partial charge in [0.15, 0.2) is 0 Å². The number of hydrogen-bond donors (Lipinski definition) is 1. The van der Waals surface area contributed by atoms with Crippen molar-refractivity contribution in [1.82, 2.24) is 15.1 Å². The van der Waals surface area contributed by atoms with Crippen molar-refractivity contribution in [1.29, 1.82) is 0 Å². The van der Waals surface area contributed by atoms with Gasteiger partial charge in [-0.2, -0.15) is 0 Å². The van der Waals surface area contributed by atoms with Gasteiger partial charge in [0, 0.05) is 13.0 Å². The molecule has 0 aliphatic heterocycles. The average molecular weight is 205 g/mol. The molecule has 15 heavy (non-hydrogen) atoms. The van der Waals surface area contributed by atoms with E-state index in [4.69, 9.17) is 0 Å². The maximum Gasteiger partial charge on any atom is 0.467 e. The monoisotopic (exact) mass is 205 g/mol. The Hall–Kier alpha value is -1.78. The SMILES string of the molecule is Cc1nc2ccc(C(C)C)n[n+]2c(=O)[nH]1. The van der Waals surface area contributed by atoms with Crippen LogP contribution in [0.25, 0.3) is 5.65 Å². The van der Waals surface area contributed by atoms with Crippen LogP contribution in [0.5, 0.6) is 0 Å². The fourth-order valence-electron chi connectivity index (χ4n) is 1.38. The van der Waals surface area contributed by atoms with Crippen LogP contribution in [0.4, 0.5) is 0 Å². The second-order valence-corrected chi connectivity index (χ2v) is 3.81. The minimum Gasteiger partial charge on any atom is -0.210 e. The molecule has 2 rings (SSSR count). The highest BCUT2D eigenvalue weighted by molar-refractivity contribution is 5.28. The molecule has 5 heteroatoms. The standard InChI is InChI=1S/C10H12N4O/c1-6(2)8-4-5-9-11-7(3)12-10(15)14(9)13-8/h4-6H,1-3H3/p+1. The summed E-state index contributed by atoms with van der Waals surface area (Å²) in [4.78, 5) is 18.4. The molecule has 0 aromatic carbocycles. The van der Waals surface area contributed by atoms with Crippen molar-refractivity contribution in [3.8, 4) is 0 Å². The molecule has 0 fully saturated rings. The molecule has 5 nitrogen and oxygen atoms in total. The molecule has 0 unspecified atom stereocenters. The van der Waals surface area contributed by atoms with Crippen molar-refractivity contribution >= 4 is 5.65 Å². The second kappa shape index (κ2) is 3.42. The Balaban J connectivity index is 2.77. The Kier molecular flexibility index (Phi) is 2.22. The van der Waals surface area contributed by atoms with Crippen LogP contribution in [0.2, 0.25) is 0 Å². The van der Waals surface area contributed by atoms with E-state index in [-0.39, 0.29) is 5.69 Å². The summed E-state index contributed by atoms with van der Waals surface area (Å²) in [5.74, 6) is 0.890. The van der Waals surface area contributed by atoms with Gasteiger partial charge in [0.2, 0.25) is 5.82 Å². The Morgan fingerprint density at radius 1 is 1.40 bits per heavy atom. The quantitative estimate of drug-likeness (QED) is 0.683. The van der Waals surface area contributed by atoms with Crippen LogP contribution in [0, 0.1) is 6.92 Å². The molecule has 0 amide bonds. The summed E-state index contributed by atoms with van der Waals surface area (Å²) >= 11 is 0. The topological polar surface area (TPSA) is 62.7 Å². The summed E-state index contributed by atoms with van der Waals surface area (Å²) in [7, 11) is 0. The largest absolute Gasteiger partial charge is 0.467 e. The van der Waals surface area contributed by atoms with Crippen LogP contribution < -0.4 is 10.2 Å². The summed E-state index contributed by atoms with van der Waals surface area (Å²) < 4.78 is 1.29. The summed E-state index contributed by atoms with van der Waals surface area (Å²) in [5.41, 5.74) is 1.20. The minimum atomic E-state index is -0.250. The smallest absolute Gasteiger partial charge is 0.210 e. The van der Waals surface area contributed by atoms with Crippen LogP contribution in [0.15, 0.2) is 16.9 Å². The Labute approximate surface area is 86.8 Å². The maximum absolute atomic E-state index is 11.6. The van der Waals surface area contributed by atoms with Gasteiger partial charge in [0.1, 0.15) is 0 Å². The third kappa shape index (κ3) is 1.72. The highest BCUT2D eigenvalue weighted by Gasteiger charge is 2.11. The Morgan fingerprint density at radius 2 is 2.13 bits per heavy atom. The molecule has 0 bridgehead atoms. The van der Waals surface area contributed by atoms with Gasteiger partial charge in [-0.15, -0.1) is 5.10 Å². The van der Waals surface area contributed by atoms with Crippen molar-refractivity contribution in [2.24, 2.45) is 0 Å². The van der Waals surface area contributed by atoms with Gasteiger partial charge >= 0.3 is 5.69 Å². The lowest BCUT2D eigenvalue weighted by atomic mass is 10.1. The lowest BCUT2D eigenvalue weighted by Gasteiger charge is -2.01. The molecule has 0 aliphatic carbocycles. The number of nitrogens with one attached hydrogen (secondary N) is 1. The third-order valence-corrected chi connectivity index (χ3v) is 2.19. The molecule has 0 spiro atoms. The number of nitrogens with zero attached hydrogens (tertiary/aromatic N) is 3. The van der Waals surface area contributed by atoms with Gasteiger partial charge in [0.05, 0.1) is 5.69 Å². The van der Waals surface area contributed by atoms with E-state index in [1.165, 1.54) is 4.52 Å². The first kappa shape index (κ1) is 9.76. The predicted octanol–water partition coefficient (Wildman–Crippen LogP) is 0.335. The van der Waals surface area contributed by atoms with Gasteiger partial charge in [-0.3, -0.25) is 0 Å². The minimum absolute atomic E-state index is 0.250. The van der Waals surface area contributed by atoms with E-state index < -0.39 is 0 Å². The molecule has 0 atom stereocenters. The van der Waals surface area contributed by atoms with E-state index in [1.54, 1.807) is 6.92 Å². The van der Waals surface area contributed by atoms with E-state index in [0.29, 0.717) is 17.4 Å². The van der Waals surface area contributed by atoms with Crippen molar-refractivity contribution in [3.63, 3.8) is 0 Å². The zero-order valence-electron chi connectivity index (χ0n) is 8.98. The lowest BCUT2D eigenvalue weighted by Crippen LogP contribution is -2.47. The third-order valence-electron chi connectivity index (χ3n) is 2.19. The molecule has 0 saturated carbocycles. The molecule has 0 radical (unpaired) electrons. The number of rotatable bonds is 1. The Morgan fingerprint density at radius 3 is 2.80 bits per heavy atom. The molecule has 2 aromatic rings. The summed E-state index contributed by atoms with van der Waals surface area (Å²) in [6.07, 6.45) is 0. The second-order valence-electron chi connectivity index (χ2n) is 3.81. The molecule has 2 heterocycles. The van der Waals surface area contributed by atoms with Gasteiger partial charge in [-0.1, -0.05) is 23.3 Å². The molecule has 2 aromatic heterocycles. The maximum atomic E-state index is 11.6. The predicted molar refractivity (Wildman–Crippen MR) is 54.6 cm³/mol. The summed E-state index contributed by atoms with van der Waals surface area (Å²) in [6, 6.07) is 3.70. The molecular formula is C10H13N4O+. The number of fused-ring (bicyclic) bond motifs is 1. The average Bonchev–Trinajstić information content (AvgIpc) is 2.16. The van der Waals surface area contributed by atoms with Gasteiger partial charge in [-0.25, -0.2) is 9.78 Å². The van der Waals surface area contributed by atoms with E-state index >= 15 is 0 Å². The van der Waals surface area contributed by atoms with Crippen molar-refractivity contribution in [2.45, 2.75) is 26.7 Å². The number of aromatic amines is 1. The fourth-order valence-corrected chi connectivity index (χ4v) is 1.38. The van der Waals surface area contributed by atoms with E-state index in [9.17, 15) is 4.79 Å². The van der Waals surface area contributed by atoms with Gasteiger partial charge < -0.3 is 0 Å². The first-order valence-corrected chi connectivity index (χ1v) is 4.88. The fraction of sp³-hybridized carbons (Fsp3) is 0.400. The first-order chi connectivity index (χ1) is 7.08. The molecule has 78 valence electrons. The Bertz CT molecular complexity index is 559. The van der Waals surface area contributed by atoms with Crippen LogP contribution in [-0.2, 0) is 0 Å². The zero-order chi connectivity index (χ0) is 11.0. The molecular weight excluding hydrogens is 192 g/mol. The van der Waals surface area contributed by atoms with Crippen molar-refractivity contribution in [3.05, 3.63) is 34.1 Å². The van der Waals surface area contributed by atoms with E-state index in [1.807, 2.05) is 26.0 Å². The van der Waals surface area contributed by atoms with Crippen LogP contribution >= 0.6 is 0 Å². The van der Waals surface area contributed by atoms with Crippen molar-refractivity contribution < 1.29 is 4.52 Å². The first-order valence-electron chi connectivity index (χ1n) is 4.88. The number of aryl methyl sites for hydroxylation is 1. The molecule has 1 N–H and O–H groups in total. The van der Waals surface area contributed by atoms with E-state index in [2.05, 4.69) is 15.1 Å². The number of H-pyrrole nitrogens is 1. The summed E-state index contributed by atoms with van der Waals surface area (Å²) in [5, 5.41) is 4.23. The van der Waals surface area contributed by atoms with Crippen molar-refractivity contribution in [2.75, 3.05) is 0 Å². The summed E-state index contributed by atoms with van der Waals surface area (Å²) in [6.45, 7) is 5.81. The van der Waals surface area contributed by atoms with Crippen LogP contribution in [-0.4, -0.2) is 15.1 Å². The highest BCUT2D eigenvalue weighted by Crippen LogP contribution is 2.08. The lowest BCUT2D eigenvalue weighted by molar-refractivity contribution is -0.603. The van der Waals surface area contributed by atoms with Crippen LogP contribution in [0.1, 0.15) is 31.3 Å². The van der Waals surface area contributed by atoms with Gasteiger partial charge in [0.25, 0.3) is 5.65 Å². The highest BCUT2D eigenvalue weighted by atomic mass is 16.1. The number of aromatic nitrogens is 4. The number of hydrogen-bond acceptors (Lipinski definition) is 3.